The van der Waals surface area contributed by atoms with Crippen molar-refractivity contribution < 1.29 is 26.8 Å². The Hall–Kier alpha value is -3.11. The third-order valence-electron chi connectivity index (χ3n) is 4.43. The molecule has 3 aromatic rings. The summed E-state index contributed by atoms with van der Waals surface area (Å²) in [6, 6.07) is 13.4. The molecule has 0 spiro atoms. The summed E-state index contributed by atoms with van der Waals surface area (Å²) in [7, 11) is -3.98. The number of amides is 2. The largest absolute Gasteiger partial charge is 0.346 e. The first kappa shape index (κ1) is 22.6. The van der Waals surface area contributed by atoms with Crippen molar-refractivity contribution in [1.82, 2.24) is 10.6 Å². The maximum atomic E-state index is 13.6. The standard InChI is InChI=1S/C21H18F2N2O4S2/c22-15-7-9-16(10-8-15)31(28,29)19(18-6-3-11-30-18)13-25-21(27)20(26)24-12-14-4-1-2-5-17(14)23/h1-11,19H,12-13H2,(H,24,26)(H,25,27)/t19-/m1/s1. The molecular weight excluding hydrogens is 446 g/mol. The molecule has 1 aromatic heterocycles. The van der Waals surface area contributed by atoms with E-state index in [2.05, 4.69) is 10.6 Å². The Labute approximate surface area is 181 Å². The van der Waals surface area contributed by atoms with Crippen LogP contribution in [-0.2, 0) is 26.0 Å². The van der Waals surface area contributed by atoms with Gasteiger partial charge >= 0.3 is 11.8 Å². The lowest BCUT2D eigenvalue weighted by atomic mass is 10.2. The fourth-order valence-electron chi connectivity index (χ4n) is 2.79. The van der Waals surface area contributed by atoms with Gasteiger partial charge in [0, 0.05) is 23.5 Å². The lowest BCUT2D eigenvalue weighted by Gasteiger charge is -2.17. The number of hydrogen-bond acceptors (Lipinski definition) is 5. The summed E-state index contributed by atoms with van der Waals surface area (Å²) >= 11 is 1.18. The van der Waals surface area contributed by atoms with Crippen molar-refractivity contribution in [2.24, 2.45) is 0 Å². The van der Waals surface area contributed by atoms with Crippen LogP contribution in [0.15, 0.2) is 70.9 Å². The molecule has 0 aliphatic heterocycles. The van der Waals surface area contributed by atoms with Crippen LogP contribution < -0.4 is 10.6 Å². The van der Waals surface area contributed by atoms with Crippen LogP contribution in [0.4, 0.5) is 8.78 Å². The second kappa shape index (κ2) is 9.80. The number of sulfone groups is 1. The van der Waals surface area contributed by atoms with E-state index in [1.165, 1.54) is 29.5 Å². The first-order valence-corrected chi connectivity index (χ1v) is 11.5. The van der Waals surface area contributed by atoms with Crippen LogP contribution in [0, 0.1) is 11.6 Å². The molecule has 2 N–H and O–H groups in total. The van der Waals surface area contributed by atoms with Crippen molar-refractivity contribution in [2.45, 2.75) is 16.7 Å². The van der Waals surface area contributed by atoms with Gasteiger partial charge in [-0.2, -0.15) is 0 Å². The molecule has 0 saturated carbocycles. The van der Waals surface area contributed by atoms with Gasteiger partial charge in [0.15, 0.2) is 9.84 Å². The second-order valence-corrected chi connectivity index (χ2v) is 9.60. The number of hydrogen-bond donors (Lipinski definition) is 2. The van der Waals surface area contributed by atoms with Crippen molar-refractivity contribution in [3.63, 3.8) is 0 Å². The highest BCUT2D eigenvalue weighted by molar-refractivity contribution is 7.91. The van der Waals surface area contributed by atoms with Crippen molar-refractivity contribution >= 4 is 33.0 Å². The van der Waals surface area contributed by atoms with Gasteiger partial charge in [-0.15, -0.1) is 11.3 Å². The van der Waals surface area contributed by atoms with E-state index in [9.17, 15) is 26.8 Å². The topological polar surface area (TPSA) is 92.3 Å². The molecule has 0 aliphatic carbocycles. The molecular formula is C21H18F2N2O4S2. The van der Waals surface area contributed by atoms with Gasteiger partial charge in [-0.25, -0.2) is 17.2 Å². The van der Waals surface area contributed by atoms with E-state index in [0.29, 0.717) is 4.88 Å². The van der Waals surface area contributed by atoms with E-state index >= 15 is 0 Å². The number of benzene rings is 2. The first-order valence-electron chi connectivity index (χ1n) is 9.11. The molecule has 6 nitrogen and oxygen atoms in total. The summed E-state index contributed by atoms with van der Waals surface area (Å²) < 4.78 is 52.9. The fraction of sp³-hybridized carbons (Fsp3) is 0.143. The minimum absolute atomic E-state index is 0.106. The molecule has 31 heavy (non-hydrogen) atoms. The van der Waals surface area contributed by atoms with Crippen LogP contribution in [0.3, 0.4) is 0 Å². The molecule has 1 atom stereocenters. The van der Waals surface area contributed by atoms with Crippen LogP contribution in [0.1, 0.15) is 15.7 Å². The summed E-state index contributed by atoms with van der Waals surface area (Å²) in [5.74, 6) is -3.17. The van der Waals surface area contributed by atoms with Gasteiger partial charge in [0.25, 0.3) is 0 Å². The Bertz CT molecular complexity index is 1160. The molecule has 2 aromatic carbocycles. The SMILES string of the molecule is O=C(NCc1ccccc1F)C(=O)NC[C@H](c1cccs1)S(=O)(=O)c1ccc(F)cc1. The van der Waals surface area contributed by atoms with Crippen LogP contribution in [0.25, 0.3) is 0 Å². The number of carbonyl (C=O) groups excluding carboxylic acids is 2. The molecule has 0 fully saturated rings. The van der Waals surface area contributed by atoms with E-state index in [0.717, 1.165) is 24.3 Å². The molecule has 0 radical (unpaired) electrons. The van der Waals surface area contributed by atoms with Gasteiger partial charge in [0.2, 0.25) is 0 Å². The zero-order chi connectivity index (χ0) is 22.4. The number of carbonyl (C=O) groups is 2. The molecule has 1 heterocycles. The summed E-state index contributed by atoms with van der Waals surface area (Å²) in [6.45, 7) is -0.562. The predicted octanol–water partition coefficient (Wildman–Crippen LogP) is 2.97. The zero-order valence-electron chi connectivity index (χ0n) is 16.0. The molecule has 162 valence electrons. The monoisotopic (exact) mass is 464 g/mol. The number of rotatable bonds is 7. The lowest BCUT2D eigenvalue weighted by molar-refractivity contribution is -0.139. The average molecular weight is 465 g/mol. The molecule has 2 amide bonds. The van der Waals surface area contributed by atoms with Crippen LogP contribution in [0.2, 0.25) is 0 Å². The zero-order valence-corrected chi connectivity index (χ0v) is 17.7. The molecule has 0 unspecified atom stereocenters. The molecule has 0 aliphatic rings. The van der Waals surface area contributed by atoms with Gasteiger partial charge in [-0.05, 0) is 41.8 Å². The normalized spacial score (nSPS) is 12.2. The van der Waals surface area contributed by atoms with Crippen molar-refractivity contribution in [3.05, 3.63) is 88.1 Å². The number of halogens is 2. The van der Waals surface area contributed by atoms with Crippen molar-refractivity contribution in [3.8, 4) is 0 Å². The Morgan fingerprint density at radius 2 is 1.58 bits per heavy atom. The maximum Gasteiger partial charge on any atom is 0.309 e. The van der Waals surface area contributed by atoms with Gasteiger partial charge in [0.05, 0.1) is 4.90 Å². The highest BCUT2D eigenvalue weighted by Gasteiger charge is 2.31. The van der Waals surface area contributed by atoms with Crippen molar-refractivity contribution in [2.75, 3.05) is 6.54 Å². The average Bonchev–Trinajstić information content (AvgIpc) is 3.27. The molecule has 3 rings (SSSR count). The van der Waals surface area contributed by atoms with E-state index < -0.39 is 38.5 Å². The molecule has 0 bridgehead atoms. The fourth-order valence-corrected chi connectivity index (χ4v) is 5.57. The Morgan fingerprint density at radius 3 is 2.23 bits per heavy atom. The van der Waals surface area contributed by atoms with Gasteiger partial charge in [-0.1, -0.05) is 24.3 Å². The minimum Gasteiger partial charge on any atom is -0.346 e. The highest BCUT2D eigenvalue weighted by atomic mass is 32.2. The number of thiophene rings is 1. The number of nitrogens with one attached hydrogen (secondary N) is 2. The van der Waals surface area contributed by atoms with E-state index in [1.807, 2.05) is 0 Å². The quantitative estimate of drug-likeness (QED) is 0.415. The van der Waals surface area contributed by atoms with Gasteiger partial charge in [0.1, 0.15) is 16.9 Å². The Morgan fingerprint density at radius 1 is 0.903 bits per heavy atom. The minimum atomic E-state index is -3.98. The van der Waals surface area contributed by atoms with E-state index in [1.54, 1.807) is 23.6 Å². The van der Waals surface area contributed by atoms with E-state index in [4.69, 9.17) is 0 Å². The lowest BCUT2D eigenvalue weighted by Crippen LogP contribution is -2.42. The third-order valence-corrected chi connectivity index (χ3v) is 7.66. The Kier molecular flexibility index (Phi) is 7.13. The maximum absolute atomic E-state index is 13.6. The second-order valence-electron chi connectivity index (χ2n) is 6.49. The highest BCUT2D eigenvalue weighted by Crippen LogP contribution is 2.31. The van der Waals surface area contributed by atoms with Crippen LogP contribution in [0.5, 0.6) is 0 Å². The summed E-state index contributed by atoms with van der Waals surface area (Å²) in [4.78, 5) is 24.6. The molecule has 10 heteroatoms. The van der Waals surface area contributed by atoms with Crippen LogP contribution in [-0.4, -0.2) is 26.8 Å². The third kappa shape index (κ3) is 5.53. The van der Waals surface area contributed by atoms with Gasteiger partial charge < -0.3 is 10.6 Å². The predicted molar refractivity (Wildman–Crippen MR) is 112 cm³/mol. The molecule has 0 saturated heterocycles. The summed E-state index contributed by atoms with van der Waals surface area (Å²) in [5.41, 5.74) is 0.207. The summed E-state index contributed by atoms with van der Waals surface area (Å²) in [5, 5.41) is 5.13. The van der Waals surface area contributed by atoms with Crippen LogP contribution >= 0.6 is 11.3 Å². The Balaban J connectivity index is 1.69. The summed E-state index contributed by atoms with van der Waals surface area (Å²) in [6.07, 6.45) is 0. The van der Waals surface area contributed by atoms with E-state index in [-0.39, 0.29) is 23.5 Å². The first-order chi connectivity index (χ1) is 14.8. The smallest absolute Gasteiger partial charge is 0.309 e. The van der Waals surface area contributed by atoms with Crippen molar-refractivity contribution in [1.29, 1.82) is 0 Å². The van der Waals surface area contributed by atoms with Gasteiger partial charge in [-0.3, -0.25) is 9.59 Å².